The second-order valence-corrected chi connectivity index (χ2v) is 11.4. The Bertz CT molecular complexity index is 1750. The SMILES string of the molecule is C=CCn1c(=O)c2cnc(Nc3ccc([C@H](O)COS(C)(=O)=O)cc3)nc2n1-c1ccc2c(n1)[C@@](O)(CC)CC2. The van der Waals surface area contributed by atoms with Gasteiger partial charge < -0.3 is 15.5 Å². The fourth-order valence-electron chi connectivity index (χ4n) is 4.81. The van der Waals surface area contributed by atoms with Gasteiger partial charge in [-0.1, -0.05) is 31.2 Å². The molecule has 0 bridgehead atoms. The Labute approximate surface area is 230 Å². The van der Waals surface area contributed by atoms with Crippen molar-refractivity contribution < 1.29 is 22.8 Å². The topological polar surface area (TPSA) is 161 Å². The summed E-state index contributed by atoms with van der Waals surface area (Å²) in [5.74, 6) is 0.665. The molecule has 0 fully saturated rings. The van der Waals surface area contributed by atoms with Crippen LogP contribution < -0.4 is 10.9 Å². The van der Waals surface area contributed by atoms with Crippen molar-refractivity contribution in [3.63, 3.8) is 0 Å². The molecule has 0 spiro atoms. The number of hydrogen-bond acceptors (Lipinski definition) is 10. The van der Waals surface area contributed by atoms with E-state index in [1.807, 2.05) is 19.1 Å². The molecule has 2 atom stereocenters. The van der Waals surface area contributed by atoms with E-state index in [1.165, 1.54) is 10.9 Å². The molecule has 0 unspecified atom stereocenters. The number of nitrogens with zero attached hydrogens (tertiary/aromatic N) is 5. The van der Waals surface area contributed by atoms with Crippen LogP contribution in [0, 0.1) is 0 Å². The molecule has 0 aliphatic heterocycles. The van der Waals surface area contributed by atoms with Crippen LogP contribution in [0.1, 0.15) is 42.7 Å². The van der Waals surface area contributed by atoms with Crippen molar-refractivity contribution in [2.24, 2.45) is 0 Å². The zero-order valence-electron chi connectivity index (χ0n) is 22.1. The number of hydrogen-bond donors (Lipinski definition) is 3. The molecule has 3 heterocycles. The van der Waals surface area contributed by atoms with Crippen LogP contribution in [-0.2, 0) is 32.9 Å². The van der Waals surface area contributed by atoms with Gasteiger partial charge in [-0.25, -0.2) is 19.3 Å². The largest absolute Gasteiger partial charge is 0.386 e. The summed E-state index contributed by atoms with van der Waals surface area (Å²) in [6.07, 6.45) is 4.70. The standard InChI is InChI=1S/C27H30N6O6S/c1-4-14-32-25(35)20-15-28-26(29-19-9-6-17(7-10-19)21(34)16-39-40(3,37)38)31-24(20)33(32)22-11-8-18-12-13-27(36,5-2)23(18)30-22/h4,6-11,15,21,34,36H,1,5,12-14,16H2,2-3H3,(H,28,29,31)/t21-,27-/m1/s1. The zero-order chi connectivity index (χ0) is 28.7. The van der Waals surface area contributed by atoms with Crippen molar-refractivity contribution in [2.45, 2.75) is 44.4 Å². The average Bonchev–Trinajstić information content (AvgIpc) is 3.41. The maximum atomic E-state index is 13.3. The summed E-state index contributed by atoms with van der Waals surface area (Å²) in [4.78, 5) is 27.0. The third-order valence-corrected chi connectivity index (χ3v) is 7.55. The van der Waals surface area contributed by atoms with Crippen molar-refractivity contribution >= 4 is 32.8 Å². The van der Waals surface area contributed by atoms with Crippen LogP contribution in [0.25, 0.3) is 16.9 Å². The third-order valence-electron chi connectivity index (χ3n) is 6.98. The Kier molecular flexibility index (Phi) is 7.31. The van der Waals surface area contributed by atoms with Crippen LogP contribution >= 0.6 is 0 Å². The van der Waals surface area contributed by atoms with E-state index in [-0.39, 0.29) is 18.1 Å². The van der Waals surface area contributed by atoms with Gasteiger partial charge in [0.25, 0.3) is 15.7 Å². The Morgan fingerprint density at radius 1 is 1.23 bits per heavy atom. The molecule has 0 saturated heterocycles. The summed E-state index contributed by atoms with van der Waals surface area (Å²) in [5, 5.41) is 24.7. The summed E-state index contributed by atoms with van der Waals surface area (Å²) in [7, 11) is -3.67. The van der Waals surface area contributed by atoms with Gasteiger partial charge in [-0.15, -0.1) is 6.58 Å². The number of benzene rings is 1. The number of nitrogens with one attached hydrogen (secondary N) is 1. The maximum absolute atomic E-state index is 13.3. The van der Waals surface area contributed by atoms with Crippen LogP contribution in [0.4, 0.5) is 11.6 Å². The highest BCUT2D eigenvalue weighted by Crippen LogP contribution is 2.38. The highest BCUT2D eigenvalue weighted by atomic mass is 32.2. The van der Waals surface area contributed by atoms with E-state index in [1.54, 1.807) is 35.0 Å². The molecule has 210 valence electrons. The Balaban J connectivity index is 1.50. The van der Waals surface area contributed by atoms with E-state index in [0.717, 1.165) is 18.2 Å². The molecule has 3 N–H and O–H groups in total. The molecule has 13 heteroatoms. The third kappa shape index (κ3) is 5.28. The number of fused-ring (bicyclic) bond motifs is 2. The fourth-order valence-corrected chi connectivity index (χ4v) is 5.19. The lowest BCUT2D eigenvalue weighted by atomic mass is 9.98. The van der Waals surface area contributed by atoms with Crippen LogP contribution in [0.2, 0.25) is 0 Å². The lowest BCUT2D eigenvalue weighted by Gasteiger charge is -2.21. The summed E-state index contributed by atoms with van der Waals surface area (Å²) < 4.78 is 30.1. The van der Waals surface area contributed by atoms with Gasteiger partial charge in [-0.3, -0.25) is 8.98 Å². The van der Waals surface area contributed by atoms with Gasteiger partial charge in [-0.2, -0.15) is 13.4 Å². The Hall–Kier alpha value is -3.91. The molecule has 12 nitrogen and oxygen atoms in total. The monoisotopic (exact) mass is 566 g/mol. The molecule has 0 radical (unpaired) electrons. The van der Waals surface area contributed by atoms with Crippen LogP contribution in [0.3, 0.4) is 0 Å². The van der Waals surface area contributed by atoms with Gasteiger partial charge in [0.1, 0.15) is 17.1 Å². The Morgan fingerprint density at radius 2 is 1.98 bits per heavy atom. The maximum Gasteiger partial charge on any atom is 0.278 e. The molecule has 40 heavy (non-hydrogen) atoms. The number of aryl methyl sites for hydroxylation is 1. The summed E-state index contributed by atoms with van der Waals surface area (Å²) in [6, 6.07) is 10.3. The number of anilines is 2. The molecule has 0 saturated carbocycles. The minimum atomic E-state index is -3.67. The normalized spacial score (nSPS) is 17.6. The first-order valence-electron chi connectivity index (χ1n) is 12.7. The Morgan fingerprint density at radius 3 is 2.65 bits per heavy atom. The average molecular weight is 567 g/mol. The van der Waals surface area contributed by atoms with Crippen LogP contribution in [0.5, 0.6) is 0 Å². The molecule has 1 aliphatic rings. The number of rotatable bonds is 10. The highest BCUT2D eigenvalue weighted by molar-refractivity contribution is 7.85. The highest BCUT2D eigenvalue weighted by Gasteiger charge is 2.37. The first-order valence-corrected chi connectivity index (χ1v) is 14.6. The number of pyridine rings is 1. The molecular formula is C27H30N6O6S. The van der Waals surface area contributed by atoms with Crippen molar-refractivity contribution in [1.82, 2.24) is 24.3 Å². The first kappa shape index (κ1) is 27.6. The minimum Gasteiger partial charge on any atom is -0.386 e. The molecule has 0 amide bonds. The van der Waals surface area contributed by atoms with Gasteiger partial charge in [-0.05, 0) is 48.6 Å². The molecular weight excluding hydrogens is 536 g/mol. The van der Waals surface area contributed by atoms with Crippen molar-refractivity contribution in [3.8, 4) is 5.82 Å². The predicted molar refractivity (Wildman–Crippen MR) is 149 cm³/mol. The predicted octanol–water partition coefficient (Wildman–Crippen LogP) is 2.46. The molecule has 1 aromatic carbocycles. The van der Waals surface area contributed by atoms with E-state index in [4.69, 9.17) is 4.98 Å². The minimum absolute atomic E-state index is 0.210. The molecule has 1 aliphatic carbocycles. The van der Waals surface area contributed by atoms with Gasteiger partial charge in [0.15, 0.2) is 11.5 Å². The van der Waals surface area contributed by atoms with Gasteiger partial charge in [0.05, 0.1) is 25.1 Å². The second-order valence-electron chi connectivity index (χ2n) is 9.73. The van der Waals surface area contributed by atoms with Crippen molar-refractivity contribution in [1.29, 1.82) is 0 Å². The van der Waals surface area contributed by atoms with Crippen LogP contribution in [0.15, 0.2) is 60.0 Å². The second kappa shape index (κ2) is 10.6. The van der Waals surface area contributed by atoms with Gasteiger partial charge in [0, 0.05) is 11.9 Å². The number of aliphatic hydroxyl groups excluding tert-OH is 1. The van der Waals surface area contributed by atoms with Gasteiger partial charge >= 0.3 is 0 Å². The number of aromatic nitrogens is 5. The summed E-state index contributed by atoms with van der Waals surface area (Å²) in [5.41, 5.74) is 1.68. The molecule has 3 aromatic heterocycles. The van der Waals surface area contributed by atoms with E-state index >= 15 is 0 Å². The first-order chi connectivity index (χ1) is 19.0. The van der Waals surface area contributed by atoms with E-state index in [2.05, 4.69) is 26.0 Å². The summed E-state index contributed by atoms with van der Waals surface area (Å²) in [6.45, 7) is 5.51. The van der Waals surface area contributed by atoms with E-state index in [9.17, 15) is 23.4 Å². The van der Waals surface area contributed by atoms with E-state index in [0.29, 0.717) is 46.6 Å². The fraction of sp³-hybridized carbons (Fsp3) is 0.333. The van der Waals surface area contributed by atoms with E-state index < -0.39 is 28.4 Å². The van der Waals surface area contributed by atoms with Crippen molar-refractivity contribution in [2.75, 3.05) is 18.2 Å². The lowest BCUT2D eigenvalue weighted by molar-refractivity contribution is 0.0306. The zero-order valence-corrected chi connectivity index (χ0v) is 22.9. The van der Waals surface area contributed by atoms with Gasteiger partial charge in [0.2, 0.25) is 5.95 Å². The molecule has 4 aromatic rings. The molecule has 5 rings (SSSR count). The lowest BCUT2D eigenvalue weighted by Crippen LogP contribution is -2.25. The number of aliphatic hydroxyl groups is 2. The quantitative estimate of drug-likeness (QED) is 0.192. The van der Waals surface area contributed by atoms with Crippen molar-refractivity contribution in [3.05, 3.63) is 82.4 Å². The number of allylic oxidation sites excluding steroid dienone is 1. The van der Waals surface area contributed by atoms with Crippen LogP contribution in [-0.4, -0.2) is 55.8 Å². The summed E-state index contributed by atoms with van der Waals surface area (Å²) >= 11 is 0. The smallest absolute Gasteiger partial charge is 0.278 e.